The van der Waals surface area contributed by atoms with Crippen LogP contribution in [0, 0.1) is 0 Å². The van der Waals surface area contributed by atoms with Crippen LogP contribution in [0.1, 0.15) is 15.9 Å². The third kappa shape index (κ3) is 3.57. The van der Waals surface area contributed by atoms with Crippen LogP contribution >= 0.6 is 11.6 Å². The van der Waals surface area contributed by atoms with Crippen LogP contribution in [0.4, 0.5) is 0 Å². The van der Waals surface area contributed by atoms with Gasteiger partial charge in [-0.15, -0.1) is 0 Å². The van der Waals surface area contributed by atoms with Gasteiger partial charge in [0.05, 0.1) is 5.56 Å². The predicted molar refractivity (Wildman–Crippen MR) is 71.7 cm³/mol. The van der Waals surface area contributed by atoms with Crippen molar-refractivity contribution < 1.29 is 4.79 Å². The largest absolute Gasteiger partial charge is 0.352 e. The summed E-state index contributed by atoms with van der Waals surface area (Å²) in [5.74, 6) is -0.106. The van der Waals surface area contributed by atoms with E-state index in [0.717, 1.165) is 12.0 Å². The molecule has 1 amide bonds. The van der Waals surface area contributed by atoms with E-state index in [0.29, 0.717) is 17.1 Å². The monoisotopic (exact) mass is 260 g/mol. The van der Waals surface area contributed by atoms with Gasteiger partial charge in [-0.3, -0.25) is 9.78 Å². The van der Waals surface area contributed by atoms with E-state index < -0.39 is 0 Å². The zero-order chi connectivity index (χ0) is 12.8. The topological polar surface area (TPSA) is 42.0 Å². The van der Waals surface area contributed by atoms with E-state index in [9.17, 15) is 4.79 Å². The number of nitrogens with zero attached hydrogens (tertiary/aromatic N) is 1. The van der Waals surface area contributed by atoms with Crippen LogP contribution < -0.4 is 5.32 Å². The van der Waals surface area contributed by atoms with E-state index in [2.05, 4.69) is 10.3 Å². The number of aromatic nitrogens is 1. The van der Waals surface area contributed by atoms with Gasteiger partial charge in [-0.25, -0.2) is 0 Å². The fourth-order valence-corrected chi connectivity index (χ4v) is 1.82. The Morgan fingerprint density at radius 1 is 1.28 bits per heavy atom. The minimum atomic E-state index is -0.106. The maximum atomic E-state index is 11.7. The van der Waals surface area contributed by atoms with Crippen molar-refractivity contribution in [3.63, 3.8) is 0 Å². The maximum Gasteiger partial charge on any atom is 0.252 e. The molecule has 0 fully saturated rings. The smallest absolute Gasteiger partial charge is 0.252 e. The molecule has 18 heavy (non-hydrogen) atoms. The number of halogens is 1. The molecule has 1 heterocycles. The number of benzene rings is 1. The lowest BCUT2D eigenvalue weighted by Gasteiger charge is -2.05. The van der Waals surface area contributed by atoms with Crippen molar-refractivity contribution in [2.75, 3.05) is 6.54 Å². The summed E-state index contributed by atoms with van der Waals surface area (Å²) in [6, 6.07) is 11.1. The quantitative estimate of drug-likeness (QED) is 0.918. The molecule has 3 nitrogen and oxygen atoms in total. The predicted octanol–water partition coefficient (Wildman–Crippen LogP) is 2.71. The molecule has 1 N–H and O–H groups in total. The van der Waals surface area contributed by atoms with Crippen molar-refractivity contribution in [3.8, 4) is 0 Å². The van der Waals surface area contributed by atoms with E-state index in [1.54, 1.807) is 24.5 Å². The van der Waals surface area contributed by atoms with Crippen molar-refractivity contribution in [2.45, 2.75) is 6.42 Å². The Morgan fingerprint density at radius 2 is 2.17 bits per heavy atom. The number of hydrogen-bond acceptors (Lipinski definition) is 2. The molecule has 2 rings (SSSR count). The van der Waals surface area contributed by atoms with E-state index in [-0.39, 0.29) is 5.91 Å². The second-order valence-corrected chi connectivity index (χ2v) is 4.31. The Bertz CT molecular complexity index is 528. The first-order valence-corrected chi connectivity index (χ1v) is 6.06. The molecule has 0 aliphatic rings. The summed E-state index contributed by atoms with van der Waals surface area (Å²) < 4.78 is 0. The van der Waals surface area contributed by atoms with Crippen molar-refractivity contribution in [3.05, 3.63) is 64.9 Å². The number of rotatable bonds is 4. The number of carbonyl (C=O) groups is 1. The molecule has 0 bridgehead atoms. The van der Waals surface area contributed by atoms with Crippen LogP contribution in [0.5, 0.6) is 0 Å². The van der Waals surface area contributed by atoms with E-state index in [1.807, 2.05) is 24.3 Å². The van der Waals surface area contributed by atoms with Gasteiger partial charge in [0.2, 0.25) is 0 Å². The second kappa shape index (κ2) is 6.17. The Hall–Kier alpha value is -1.87. The second-order valence-electron chi connectivity index (χ2n) is 3.88. The fourth-order valence-electron chi connectivity index (χ4n) is 1.61. The molecular formula is C14H13ClN2O. The lowest BCUT2D eigenvalue weighted by atomic mass is 10.1. The highest BCUT2D eigenvalue weighted by molar-refractivity contribution is 6.30. The molecule has 2 aromatic rings. The molecule has 0 radical (unpaired) electrons. The highest BCUT2D eigenvalue weighted by Crippen LogP contribution is 2.10. The van der Waals surface area contributed by atoms with Crippen LogP contribution in [0.25, 0.3) is 0 Å². The summed E-state index contributed by atoms with van der Waals surface area (Å²) >= 11 is 5.89. The van der Waals surface area contributed by atoms with Gasteiger partial charge in [0.15, 0.2) is 0 Å². The number of amides is 1. The third-order valence-corrected chi connectivity index (χ3v) is 2.75. The van der Waals surface area contributed by atoms with E-state index >= 15 is 0 Å². The molecule has 1 aromatic carbocycles. The minimum Gasteiger partial charge on any atom is -0.352 e. The molecule has 0 aliphatic heterocycles. The maximum absolute atomic E-state index is 11.7. The SMILES string of the molecule is O=C(NCCc1cccc(Cl)c1)c1cccnc1. The summed E-state index contributed by atoms with van der Waals surface area (Å²) in [6.07, 6.45) is 3.95. The summed E-state index contributed by atoms with van der Waals surface area (Å²) in [4.78, 5) is 15.6. The third-order valence-electron chi connectivity index (χ3n) is 2.51. The van der Waals surface area contributed by atoms with Crippen LogP contribution in [0.2, 0.25) is 5.02 Å². The van der Waals surface area contributed by atoms with Crippen molar-refractivity contribution in [1.29, 1.82) is 0 Å². The number of hydrogen-bond donors (Lipinski definition) is 1. The van der Waals surface area contributed by atoms with Crippen LogP contribution in [0.3, 0.4) is 0 Å². The Kier molecular flexibility index (Phi) is 4.31. The summed E-state index contributed by atoms with van der Waals surface area (Å²) in [7, 11) is 0. The van der Waals surface area contributed by atoms with E-state index in [4.69, 9.17) is 11.6 Å². The zero-order valence-corrected chi connectivity index (χ0v) is 10.5. The van der Waals surface area contributed by atoms with Gasteiger partial charge in [0.1, 0.15) is 0 Å². The summed E-state index contributed by atoms with van der Waals surface area (Å²) in [6.45, 7) is 0.577. The number of carbonyl (C=O) groups excluding carboxylic acids is 1. The van der Waals surface area contributed by atoms with Gasteiger partial charge in [-0.05, 0) is 36.2 Å². The molecule has 0 saturated carbocycles. The van der Waals surface area contributed by atoms with Gasteiger partial charge >= 0.3 is 0 Å². The lowest BCUT2D eigenvalue weighted by molar-refractivity contribution is 0.0954. The lowest BCUT2D eigenvalue weighted by Crippen LogP contribution is -2.25. The highest BCUT2D eigenvalue weighted by atomic mass is 35.5. The van der Waals surface area contributed by atoms with Gasteiger partial charge < -0.3 is 5.32 Å². The van der Waals surface area contributed by atoms with Gasteiger partial charge in [0, 0.05) is 24.0 Å². The van der Waals surface area contributed by atoms with Crippen LogP contribution in [-0.4, -0.2) is 17.4 Å². The molecule has 0 spiro atoms. The van der Waals surface area contributed by atoms with Crippen molar-refractivity contribution in [1.82, 2.24) is 10.3 Å². The van der Waals surface area contributed by atoms with Crippen LogP contribution in [0.15, 0.2) is 48.8 Å². The van der Waals surface area contributed by atoms with Gasteiger partial charge in [0.25, 0.3) is 5.91 Å². The summed E-state index contributed by atoms with van der Waals surface area (Å²) in [5.41, 5.74) is 1.68. The first kappa shape index (κ1) is 12.6. The molecule has 92 valence electrons. The van der Waals surface area contributed by atoms with E-state index in [1.165, 1.54) is 0 Å². The zero-order valence-electron chi connectivity index (χ0n) is 9.77. The first-order chi connectivity index (χ1) is 8.75. The number of pyridine rings is 1. The number of nitrogens with one attached hydrogen (secondary N) is 1. The van der Waals surface area contributed by atoms with Gasteiger partial charge in [-0.1, -0.05) is 23.7 Å². The van der Waals surface area contributed by atoms with Crippen molar-refractivity contribution in [2.24, 2.45) is 0 Å². The Morgan fingerprint density at radius 3 is 2.89 bits per heavy atom. The molecule has 0 unspecified atom stereocenters. The first-order valence-electron chi connectivity index (χ1n) is 5.68. The van der Waals surface area contributed by atoms with Gasteiger partial charge in [-0.2, -0.15) is 0 Å². The average molecular weight is 261 g/mol. The Balaban J connectivity index is 1.84. The average Bonchev–Trinajstić information content (AvgIpc) is 2.40. The molecule has 0 atom stereocenters. The Labute approximate surface area is 111 Å². The molecular weight excluding hydrogens is 248 g/mol. The van der Waals surface area contributed by atoms with Crippen LogP contribution in [-0.2, 0) is 6.42 Å². The fraction of sp³-hybridized carbons (Fsp3) is 0.143. The molecule has 1 aromatic heterocycles. The summed E-state index contributed by atoms with van der Waals surface area (Å²) in [5, 5.41) is 3.56. The molecule has 4 heteroatoms. The molecule has 0 saturated heterocycles. The normalized spacial score (nSPS) is 10.1. The molecule has 0 aliphatic carbocycles. The minimum absolute atomic E-state index is 0.106. The highest BCUT2D eigenvalue weighted by Gasteiger charge is 2.03. The standard InChI is InChI=1S/C14H13ClN2O/c15-13-5-1-3-11(9-13)6-8-17-14(18)12-4-2-7-16-10-12/h1-5,7,9-10H,6,8H2,(H,17,18). The van der Waals surface area contributed by atoms with Crippen molar-refractivity contribution >= 4 is 17.5 Å².